The zero-order chi connectivity index (χ0) is 27.0. The Morgan fingerprint density at radius 2 is 1.81 bits per heavy atom. The average Bonchev–Trinajstić information content (AvgIpc) is 3.28. The minimum Gasteiger partial charge on any atom is -0.481 e. The summed E-state index contributed by atoms with van der Waals surface area (Å²) >= 11 is 0. The molecule has 1 aliphatic heterocycles. The number of carboxylic acids is 1. The number of methoxy groups -OCH3 is 1. The van der Waals surface area contributed by atoms with Crippen molar-refractivity contribution in [3.05, 3.63) is 62.8 Å². The number of nitrogens with one attached hydrogen (secondary N) is 1. The zero-order valence-electron chi connectivity index (χ0n) is 21.1. The number of fused-ring (bicyclic) bond motifs is 1. The van der Waals surface area contributed by atoms with Crippen LogP contribution >= 0.6 is 0 Å². The van der Waals surface area contributed by atoms with E-state index in [4.69, 9.17) is 28.5 Å². The predicted octanol–water partition coefficient (Wildman–Crippen LogP) is 2.40. The lowest BCUT2D eigenvalue weighted by molar-refractivity contribution is -0.272. The molecular formula is C26H29NO10. The Hall–Kier alpha value is -3.67. The summed E-state index contributed by atoms with van der Waals surface area (Å²) in [5.74, 6) is -1.54. The Morgan fingerprint density at radius 1 is 1.08 bits per heavy atom. The number of carbonyl (C=O) groups is 2. The normalized spacial score (nSPS) is 23.7. The van der Waals surface area contributed by atoms with Crippen LogP contribution in [0.3, 0.4) is 0 Å². The van der Waals surface area contributed by atoms with E-state index in [0.717, 1.165) is 5.69 Å². The molecule has 37 heavy (non-hydrogen) atoms. The fourth-order valence-electron chi connectivity index (χ4n) is 4.54. The summed E-state index contributed by atoms with van der Waals surface area (Å²) in [6.45, 7) is 6.82. The molecule has 198 valence electrons. The lowest BCUT2D eigenvalue weighted by atomic mass is 9.99. The van der Waals surface area contributed by atoms with Crippen LogP contribution in [0.4, 0.5) is 0 Å². The summed E-state index contributed by atoms with van der Waals surface area (Å²) in [7, 11) is 1.43. The minimum atomic E-state index is -1.41. The van der Waals surface area contributed by atoms with E-state index in [0.29, 0.717) is 16.5 Å². The Bertz CT molecular complexity index is 1390. The maximum atomic E-state index is 12.7. The van der Waals surface area contributed by atoms with Crippen molar-refractivity contribution >= 4 is 22.9 Å². The van der Waals surface area contributed by atoms with Crippen LogP contribution in [0, 0.1) is 20.8 Å². The SMILES string of the molecule is CO[C@@H]1[C@@H](OC(=O)c2ccc(C)[nH]2)[C@@H](O)[C@H](Oc2ccc3c(C)c(CC(=O)O)c(=O)oc3c2C)O[C@H]1C. The van der Waals surface area contributed by atoms with Gasteiger partial charge >= 0.3 is 17.6 Å². The van der Waals surface area contributed by atoms with Gasteiger partial charge in [0.05, 0.1) is 18.1 Å². The van der Waals surface area contributed by atoms with Crippen molar-refractivity contribution in [1.29, 1.82) is 0 Å². The number of benzene rings is 1. The van der Waals surface area contributed by atoms with Gasteiger partial charge in [-0.1, -0.05) is 0 Å². The number of carboxylic acid groups (broad SMARTS) is 1. The molecule has 1 saturated heterocycles. The maximum absolute atomic E-state index is 12.7. The second-order valence-corrected chi connectivity index (χ2v) is 9.07. The third kappa shape index (κ3) is 5.10. The summed E-state index contributed by atoms with van der Waals surface area (Å²) in [4.78, 5) is 39.2. The van der Waals surface area contributed by atoms with E-state index in [1.165, 1.54) is 7.11 Å². The van der Waals surface area contributed by atoms with Crippen LogP contribution in [-0.4, -0.2) is 65.0 Å². The molecule has 1 aliphatic rings. The lowest BCUT2D eigenvalue weighted by Crippen LogP contribution is -2.60. The molecule has 0 radical (unpaired) electrons. The Labute approximate surface area is 211 Å². The summed E-state index contributed by atoms with van der Waals surface area (Å²) in [5, 5.41) is 20.8. The largest absolute Gasteiger partial charge is 0.481 e. The van der Waals surface area contributed by atoms with Crippen molar-refractivity contribution in [2.45, 2.75) is 64.8 Å². The van der Waals surface area contributed by atoms with Gasteiger partial charge in [0.15, 0.2) is 12.2 Å². The van der Waals surface area contributed by atoms with Gasteiger partial charge in [-0.15, -0.1) is 0 Å². The highest BCUT2D eigenvalue weighted by Gasteiger charge is 2.48. The average molecular weight is 516 g/mol. The van der Waals surface area contributed by atoms with Gasteiger partial charge in [-0.25, -0.2) is 9.59 Å². The van der Waals surface area contributed by atoms with Gasteiger partial charge in [0, 0.05) is 23.8 Å². The number of hydrogen-bond donors (Lipinski definition) is 3. The van der Waals surface area contributed by atoms with Gasteiger partial charge in [-0.2, -0.15) is 0 Å². The molecule has 1 aromatic carbocycles. The number of rotatable bonds is 7. The number of ether oxygens (including phenoxy) is 4. The molecule has 3 heterocycles. The number of hydrogen-bond acceptors (Lipinski definition) is 9. The second kappa shape index (κ2) is 10.4. The van der Waals surface area contributed by atoms with E-state index in [9.17, 15) is 19.5 Å². The molecule has 0 saturated carbocycles. The second-order valence-electron chi connectivity index (χ2n) is 9.07. The van der Waals surface area contributed by atoms with Gasteiger partial charge in [0.2, 0.25) is 6.29 Å². The molecule has 1 fully saturated rings. The van der Waals surface area contributed by atoms with E-state index in [2.05, 4.69) is 4.98 Å². The third-order valence-electron chi connectivity index (χ3n) is 6.54. The lowest BCUT2D eigenvalue weighted by Gasteiger charge is -2.42. The first-order valence-corrected chi connectivity index (χ1v) is 11.7. The van der Waals surface area contributed by atoms with E-state index >= 15 is 0 Å². The Balaban J connectivity index is 1.62. The molecule has 0 bridgehead atoms. The Morgan fingerprint density at radius 3 is 2.43 bits per heavy atom. The molecule has 3 aromatic rings. The first kappa shape index (κ1) is 26.4. The van der Waals surface area contributed by atoms with Crippen LogP contribution in [0.2, 0.25) is 0 Å². The smallest absolute Gasteiger partial charge is 0.355 e. The van der Waals surface area contributed by atoms with Crippen LogP contribution in [0.25, 0.3) is 11.0 Å². The summed E-state index contributed by atoms with van der Waals surface area (Å²) in [6, 6.07) is 6.56. The van der Waals surface area contributed by atoms with E-state index < -0.39 is 54.7 Å². The number of H-pyrrole nitrogens is 1. The number of aliphatic hydroxyl groups excluding tert-OH is 1. The highest BCUT2D eigenvalue weighted by molar-refractivity contribution is 5.88. The highest BCUT2D eigenvalue weighted by atomic mass is 16.7. The topological polar surface area (TPSA) is 158 Å². The maximum Gasteiger partial charge on any atom is 0.355 e. The van der Waals surface area contributed by atoms with Gasteiger partial charge in [0.25, 0.3) is 0 Å². The Kier molecular flexibility index (Phi) is 7.39. The monoisotopic (exact) mass is 515 g/mol. The summed E-state index contributed by atoms with van der Waals surface area (Å²) < 4.78 is 28.3. The van der Waals surface area contributed by atoms with Crippen molar-refractivity contribution < 1.29 is 43.2 Å². The molecule has 4 rings (SSSR count). The molecule has 5 atom stereocenters. The van der Waals surface area contributed by atoms with E-state index in [1.807, 2.05) is 0 Å². The molecule has 2 aromatic heterocycles. The molecule has 3 N–H and O–H groups in total. The fourth-order valence-corrected chi connectivity index (χ4v) is 4.54. The predicted molar refractivity (Wildman–Crippen MR) is 130 cm³/mol. The van der Waals surface area contributed by atoms with Crippen LogP contribution < -0.4 is 10.4 Å². The van der Waals surface area contributed by atoms with Crippen LogP contribution in [-0.2, 0) is 25.4 Å². The number of aromatic nitrogens is 1. The number of aliphatic hydroxyl groups is 1. The fraction of sp³-hybridized carbons (Fsp3) is 0.423. The van der Waals surface area contributed by atoms with Crippen LogP contribution in [0.15, 0.2) is 33.5 Å². The highest BCUT2D eigenvalue weighted by Crippen LogP contribution is 2.33. The summed E-state index contributed by atoms with van der Waals surface area (Å²) in [5.41, 5.74) is 1.51. The first-order chi connectivity index (χ1) is 17.5. The number of esters is 1. The molecule has 0 spiro atoms. The minimum absolute atomic E-state index is 0.0699. The molecule has 0 amide bonds. The number of aryl methyl sites for hydroxylation is 3. The van der Waals surface area contributed by atoms with Crippen LogP contribution in [0.5, 0.6) is 5.75 Å². The molecule has 0 unspecified atom stereocenters. The molecule has 11 heteroatoms. The third-order valence-corrected chi connectivity index (χ3v) is 6.54. The number of aliphatic carboxylic acids is 1. The van der Waals surface area contributed by atoms with Crippen LogP contribution in [0.1, 0.15) is 39.8 Å². The summed E-state index contributed by atoms with van der Waals surface area (Å²) in [6.07, 6.45) is -5.58. The van der Waals surface area contributed by atoms with E-state index in [-0.39, 0.29) is 22.6 Å². The van der Waals surface area contributed by atoms with Gasteiger partial charge in [-0.05, 0) is 57.5 Å². The molecule has 11 nitrogen and oxygen atoms in total. The van der Waals surface area contributed by atoms with E-state index in [1.54, 1.807) is 52.0 Å². The van der Waals surface area contributed by atoms with Crippen molar-refractivity contribution in [1.82, 2.24) is 4.98 Å². The quantitative estimate of drug-likeness (QED) is 0.315. The van der Waals surface area contributed by atoms with Gasteiger partial charge < -0.3 is 38.6 Å². The van der Waals surface area contributed by atoms with Gasteiger partial charge in [-0.3, -0.25) is 4.79 Å². The van der Waals surface area contributed by atoms with Crippen molar-refractivity contribution in [3.8, 4) is 5.75 Å². The molecular weight excluding hydrogens is 486 g/mol. The number of aromatic amines is 1. The van der Waals surface area contributed by atoms with Gasteiger partial charge in [0.1, 0.15) is 23.1 Å². The zero-order valence-corrected chi connectivity index (χ0v) is 21.1. The van der Waals surface area contributed by atoms with Crippen molar-refractivity contribution in [2.24, 2.45) is 0 Å². The molecule has 0 aliphatic carbocycles. The van der Waals surface area contributed by atoms with Crippen molar-refractivity contribution in [3.63, 3.8) is 0 Å². The first-order valence-electron chi connectivity index (χ1n) is 11.7. The number of carbonyl (C=O) groups excluding carboxylic acids is 1. The standard InChI is InChI=1S/C26H29NO10/c1-11-6-8-17(27-11)25(32)37-23-20(30)26(34-14(4)22(23)33-5)35-18-9-7-15-12(2)16(10-19(28)29)24(31)36-21(15)13(18)3/h6-9,14,20,22-23,26-27,30H,10H2,1-5H3,(H,28,29)/t14-,20+,22-,23-,26-/m0/s1. The van der Waals surface area contributed by atoms with Crippen molar-refractivity contribution in [2.75, 3.05) is 7.11 Å².